The summed E-state index contributed by atoms with van der Waals surface area (Å²) in [5.74, 6) is 0.293. The quantitative estimate of drug-likeness (QED) is 0.623. The van der Waals surface area contributed by atoms with Crippen molar-refractivity contribution in [1.29, 1.82) is 0 Å². The Kier molecular flexibility index (Phi) is 2.98. The first-order chi connectivity index (χ1) is 11.0. The van der Waals surface area contributed by atoms with E-state index >= 15 is 0 Å². The molecule has 4 nitrogen and oxygen atoms in total. The van der Waals surface area contributed by atoms with Gasteiger partial charge in [0.25, 0.3) is 0 Å². The Bertz CT molecular complexity index is 721. The lowest BCUT2D eigenvalue weighted by Gasteiger charge is -2.19. The maximum Gasteiger partial charge on any atom is 0.238 e. The number of amides is 2. The minimum Gasteiger partial charge on any atom is -0.497 e. The molecule has 1 aromatic carbocycles. The summed E-state index contributed by atoms with van der Waals surface area (Å²) >= 11 is 0. The van der Waals surface area contributed by atoms with Gasteiger partial charge < -0.3 is 4.74 Å². The van der Waals surface area contributed by atoms with Gasteiger partial charge >= 0.3 is 0 Å². The van der Waals surface area contributed by atoms with Gasteiger partial charge in [0.15, 0.2) is 0 Å². The van der Waals surface area contributed by atoms with Gasteiger partial charge in [0.05, 0.1) is 24.6 Å². The molecule has 2 fully saturated rings. The Labute approximate surface area is 135 Å². The molecule has 1 aliphatic heterocycles. The van der Waals surface area contributed by atoms with Crippen LogP contribution in [0.1, 0.15) is 13.8 Å². The molecule has 0 N–H and O–H groups in total. The van der Waals surface area contributed by atoms with E-state index in [1.54, 1.807) is 31.4 Å². The molecule has 0 aromatic heterocycles. The molecule has 118 valence electrons. The predicted molar refractivity (Wildman–Crippen MR) is 87.0 cm³/mol. The van der Waals surface area contributed by atoms with Crippen LogP contribution >= 0.6 is 0 Å². The van der Waals surface area contributed by atoms with Crippen molar-refractivity contribution >= 4 is 17.5 Å². The topological polar surface area (TPSA) is 46.6 Å². The van der Waals surface area contributed by atoms with E-state index in [9.17, 15) is 9.59 Å². The predicted octanol–water partition coefficient (Wildman–Crippen LogP) is 2.95. The van der Waals surface area contributed by atoms with Crippen molar-refractivity contribution in [2.45, 2.75) is 13.8 Å². The highest BCUT2D eigenvalue weighted by atomic mass is 16.5. The molecule has 4 rings (SSSR count). The highest BCUT2D eigenvalue weighted by Crippen LogP contribution is 2.57. The second kappa shape index (κ2) is 4.82. The van der Waals surface area contributed by atoms with Crippen molar-refractivity contribution < 1.29 is 14.3 Å². The monoisotopic (exact) mass is 309 g/mol. The molecule has 4 unspecified atom stereocenters. The Morgan fingerprint density at radius 3 is 1.91 bits per heavy atom. The first-order valence-electron chi connectivity index (χ1n) is 7.92. The van der Waals surface area contributed by atoms with Gasteiger partial charge in [-0.1, -0.05) is 23.3 Å². The molecule has 4 atom stereocenters. The smallest absolute Gasteiger partial charge is 0.238 e. The van der Waals surface area contributed by atoms with Gasteiger partial charge in [0.1, 0.15) is 5.75 Å². The number of hydrogen-bond acceptors (Lipinski definition) is 3. The standard InChI is InChI=1S/C19H19NO3/c1-10(2)15-13-8-9-14(15)17-16(13)18(21)20(19(17)22)11-4-6-12(23-3)7-5-11/h4-9,13-14,16-17H,1-3H3. The Morgan fingerprint density at radius 1 is 0.957 bits per heavy atom. The van der Waals surface area contributed by atoms with Crippen LogP contribution in [0.4, 0.5) is 5.69 Å². The Morgan fingerprint density at radius 2 is 1.48 bits per heavy atom. The summed E-state index contributed by atoms with van der Waals surface area (Å²) in [5, 5.41) is 0. The van der Waals surface area contributed by atoms with Crippen molar-refractivity contribution in [2.75, 3.05) is 12.0 Å². The van der Waals surface area contributed by atoms with Crippen molar-refractivity contribution in [3.63, 3.8) is 0 Å². The third-order valence-corrected chi connectivity index (χ3v) is 5.32. The zero-order chi connectivity index (χ0) is 16.3. The Balaban J connectivity index is 1.72. The van der Waals surface area contributed by atoms with E-state index in [2.05, 4.69) is 26.0 Å². The lowest BCUT2D eigenvalue weighted by Crippen LogP contribution is -2.33. The van der Waals surface area contributed by atoms with E-state index < -0.39 is 0 Å². The number of carbonyl (C=O) groups excluding carboxylic acids is 2. The fourth-order valence-corrected chi connectivity index (χ4v) is 4.42. The number of benzene rings is 1. The van der Waals surface area contributed by atoms with Crippen LogP contribution in [0.15, 0.2) is 47.6 Å². The lowest BCUT2D eigenvalue weighted by atomic mass is 9.85. The number of hydrogen-bond donors (Lipinski definition) is 0. The highest BCUT2D eigenvalue weighted by molar-refractivity contribution is 6.23. The summed E-state index contributed by atoms with van der Waals surface area (Å²) in [6, 6.07) is 7.09. The number of carbonyl (C=O) groups is 2. The normalized spacial score (nSPS) is 31.1. The maximum atomic E-state index is 12.9. The number of methoxy groups -OCH3 is 1. The van der Waals surface area contributed by atoms with E-state index in [-0.39, 0.29) is 35.5 Å². The van der Waals surface area contributed by atoms with Crippen molar-refractivity contribution in [3.8, 4) is 5.75 Å². The molecule has 2 bridgehead atoms. The molecule has 4 heteroatoms. The average Bonchev–Trinajstić information content (AvgIpc) is 3.18. The molecular weight excluding hydrogens is 290 g/mol. The number of anilines is 1. The van der Waals surface area contributed by atoms with Gasteiger partial charge in [0.2, 0.25) is 11.8 Å². The van der Waals surface area contributed by atoms with Gasteiger partial charge in [-0.15, -0.1) is 0 Å². The fourth-order valence-electron chi connectivity index (χ4n) is 4.42. The molecule has 1 saturated carbocycles. The van der Waals surface area contributed by atoms with Gasteiger partial charge in [0, 0.05) is 11.8 Å². The van der Waals surface area contributed by atoms with Crippen LogP contribution in [-0.2, 0) is 9.59 Å². The third-order valence-electron chi connectivity index (χ3n) is 5.32. The van der Waals surface area contributed by atoms with Gasteiger partial charge in [-0.05, 0) is 38.1 Å². The fraction of sp³-hybridized carbons (Fsp3) is 0.368. The van der Waals surface area contributed by atoms with E-state index in [4.69, 9.17) is 4.74 Å². The summed E-state index contributed by atoms with van der Waals surface area (Å²) in [5.41, 5.74) is 3.14. The van der Waals surface area contributed by atoms with E-state index in [1.807, 2.05) is 0 Å². The molecule has 3 aliphatic rings. The minimum absolute atomic E-state index is 0.0687. The van der Waals surface area contributed by atoms with Crippen molar-refractivity contribution in [1.82, 2.24) is 0 Å². The highest BCUT2D eigenvalue weighted by Gasteiger charge is 2.61. The van der Waals surface area contributed by atoms with Gasteiger partial charge in [-0.2, -0.15) is 0 Å². The second-order valence-corrected chi connectivity index (χ2v) is 6.65. The maximum absolute atomic E-state index is 12.9. The number of ether oxygens (including phenoxy) is 1. The van der Waals surface area contributed by atoms with Crippen LogP contribution in [0.3, 0.4) is 0 Å². The molecular formula is C19H19NO3. The van der Waals surface area contributed by atoms with Crippen molar-refractivity contribution in [3.05, 3.63) is 47.6 Å². The first kappa shape index (κ1) is 14.2. The van der Waals surface area contributed by atoms with Crippen molar-refractivity contribution in [2.24, 2.45) is 23.7 Å². The summed E-state index contributed by atoms with van der Waals surface area (Å²) in [6.07, 6.45) is 4.22. The van der Waals surface area contributed by atoms with Crippen LogP contribution < -0.4 is 9.64 Å². The van der Waals surface area contributed by atoms with E-state index in [1.165, 1.54) is 16.0 Å². The number of fused-ring (bicyclic) bond motifs is 5. The zero-order valence-electron chi connectivity index (χ0n) is 13.4. The number of rotatable bonds is 2. The van der Waals surface area contributed by atoms with E-state index in [0.29, 0.717) is 11.4 Å². The second-order valence-electron chi connectivity index (χ2n) is 6.65. The minimum atomic E-state index is -0.232. The van der Waals surface area contributed by atoms with E-state index in [0.717, 1.165) is 0 Å². The molecule has 1 heterocycles. The van der Waals surface area contributed by atoms with Crippen LogP contribution in [0.5, 0.6) is 5.75 Å². The lowest BCUT2D eigenvalue weighted by molar-refractivity contribution is -0.122. The summed E-state index contributed by atoms with van der Waals surface area (Å²) in [4.78, 5) is 27.2. The first-order valence-corrected chi connectivity index (χ1v) is 7.92. The molecule has 1 aromatic rings. The van der Waals surface area contributed by atoms with Crippen LogP contribution in [-0.4, -0.2) is 18.9 Å². The van der Waals surface area contributed by atoms with Crippen LogP contribution in [0.25, 0.3) is 0 Å². The molecule has 0 radical (unpaired) electrons. The number of allylic oxidation sites excluding steroid dienone is 4. The summed E-state index contributed by atoms with van der Waals surface area (Å²) in [7, 11) is 1.59. The number of nitrogens with zero attached hydrogens (tertiary/aromatic N) is 1. The number of imide groups is 1. The molecule has 1 saturated heterocycles. The average molecular weight is 309 g/mol. The molecule has 2 aliphatic carbocycles. The SMILES string of the molecule is COc1ccc(N2C(=O)C3C4C=CC(C4=C(C)C)C3C2=O)cc1. The summed E-state index contributed by atoms with van der Waals surface area (Å²) in [6.45, 7) is 4.14. The van der Waals surface area contributed by atoms with Gasteiger partial charge in [-0.25, -0.2) is 4.90 Å². The molecule has 0 spiro atoms. The van der Waals surface area contributed by atoms with Crippen LogP contribution in [0, 0.1) is 23.7 Å². The molecule has 2 amide bonds. The Hall–Kier alpha value is -2.36. The van der Waals surface area contributed by atoms with Gasteiger partial charge in [-0.3, -0.25) is 9.59 Å². The third kappa shape index (κ3) is 1.78. The van der Waals surface area contributed by atoms with Crippen LogP contribution in [0.2, 0.25) is 0 Å². The largest absolute Gasteiger partial charge is 0.497 e. The molecule has 23 heavy (non-hydrogen) atoms. The summed E-state index contributed by atoms with van der Waals surface area (Å²) < 4.78 is 5.14. The zero-order valence-corrected chi connectivity index (χ0v) is 13.4.